The molecule has 2 saturated heterocycles. The van der Waals surface area contributed by atoms with E-state index in [4.69, 9.17) is 14.5 Å². The largest absolute Gasteiger partial charge is 0.453 e. The van der Waals surface area contributed by atoms with Gasteiger partial charge < -0.3 is 39.9 Å². The molecule has 1 spiro atoms. The van der Waals surface area contributed by atoms with Crippen molar-refractivity contribution in [2.24, 2.45) is 17.3 Å². The number of amides is 4. The van der Waals surface area contributed by atoms with E-state index in [9.17, 15) is 24.4 Å². The molecule has 3 aliphatic rings. The molecular weight excluding hydrogens is 807 g/mol. The van der Waals surface area contributed by atoms with Gasteiger partial charge >= 0.3 is 12.2 Å². The highest BCUT2D eigenvalue weighted by Gasteiger charge is 2.55. The van der Waals surface area contributed by atoms with Gasteiger partial charge in [0.2, 0.25) is 11.8 Å². The lowest BCUT2D eigenvalue weighted by Crippen LogP contribution is -2.51. The number of rotatable bonds is 12. The van der Waals surface area contributed by atoms with Crippen molar-refractivity contribution in [1.29, 1.82) is 5.26 Å². The number of H-pyrrole nitrogens is 2. The van der Waals surface area contributed by atoms with Crippen molar-refractivity contribution in [2.75, 3.05) is 33.1 Å². The Labute approximate surface area is 365 Å². The maximum Gasteiger partial charge on any atom is 0.407 e. The van der Waals surface area contributed by atoms with Crippen LogP contribution in [0.2, 0.25) is 0 Å². The average molecular weight is 858 g/mol. The Hall–Kier alpha value is -6.34. The summed E-state index contributed by atoms with van der Waals surface area (Å²) in [5.74, 6) is 0.781. The lowest BCUT2D eigenvalue weighted by Gasteiger charge is -2.30. The molecule has 4 N–H and O–H groups in total. The van der Waals surface area contributed by atoms with Gasteiger partial charge in [0.1, 0.15) is 23.7 Å². The molecule has 15 nitrogen and oxygen atoms in total. The van der Waals surface area contributed by atoms with Crippen LogP contribution in [-0.4, -0.2) is 98.9 Å². The maximum atomic E-state index is 13.9. The second kappa shape index (κ2) is 17.6. The van der Waals surface area contributed by atoms with Crippen LogP contribution in [0, 0.1) is 28.6 Å². The molecule has 1 saturated carbocycles. The summed E-state index contributed by atoms with van der Waals surface area (Å²) in [6.07, 6.45) is 5.96. The van der Waals surface area contributed by atoms with Crippen LogP contribution < -0.4 is 10.6 Å². The number of benzene rings is 3. The SMILES string of the molecule is COC(=O)N[C@@H](CCS)C(=O)N1C[C@@H](C#N)C[C@H]1c1ncc(-c2ccc(-c3ccc4cc(-c5cnc([C@@H]6CC7(CC7)CN6C(=O)[C@@H](NC(=O)OC)C(C)C)[nH]5)ccc4c3)cc2)[nH]1. The van der Waals surface area contributed by atoms with Crippen LogP contribution in [0.25, 0.3) is 44.4 Å². The molecule has 2 aliphatic heterocycles. The van der Waals surface area contributed by atoms with Gasteiger partial charge in [0.05, 0.1) is 62.1 Å². The molecule has 5 aromatic rings. The Morgan fingerprint density at radius 2 is 1.40 bits per heavy atom. The number of nitrogens with zero attached hydrogens (tertiary/aromatic N) is 5. The zero-order valence-electron chi connectivity index (χ0n) is 35.2. The van der Waals surface area contributed by atoms with Crippen molar-refractivity contribution in [3.05, 3.63) is 84.7 Å². The minimum atomic E-state index is -0.838. The second-order valence-corrected chi connectivity index (χ2v) is 17.5. The van der Waals surface area contributed by atoms with Gasteiger partial charge in [0.25, 0.3) is 0 Å². The zero-order valence-corrected chi connectivity index (χ0v) is 36.1. The van der Waals surface area contributed by atoms with E-state index in [1.807, 2.05) is 37.1 Å². The predicted octanol–water partition coefficient (Wildman–Crippen LogP) is 7.18. The van der Waals surface area contributed by atoms with Crippen LogP contribution >= 0.6 is 12.6 Å². The Bertz CT molecular complexity index is 2530. The number of nitriles is 1. The summed E-state index contributed by atoms with van der Waals surface area (Å²) in [6, 6.07) is 21.0. The molecule has 3 aromatic carbocycles. The van der Waals surface area contributed by atoms with E-state index < -0.39 is 30.3 Å². The molecule has 62 heavy (non-hydrogen) atoms. The topological polar surface area (TPSA) is 198 Å². The van der Waals surface area contributed by atoms with E-state index in [2.05, 4.69) is 92.8 Å². The quantitative estimate of drug-likeness (QED) is 0.0807. The van der Waals surface area contributed by atoms with Crippen LogP contribution in [-0.2, 0) is 19.1 Å². The molecule has 2 aromatic heterocycles. The molecule has 4 amide bonds. The van der Waals surface area contributed by atoms with E-state index >= 15 is 0 Å². The van der Waals surface area contributed by atoms with E-state index in [-0.39, 0.29) is 41.7 Å². The number of nitrogens with one attached hydrogen (secondary N) is 4. The number of carbonyl (C=O) groups is 4. The van der Waals surface area contributed by atoms with Gasteiger partial charge in [-0.1, -0.05) is 62.4 Å². The first-order chi connectivity index (χ1) is 29.9. The second-order valence-electron chi connectivity index (χ2n) is 17.0. The van der Waals surface area contributed by atoms with Gasteiger partial charge in [-0.15, -0.1) is 0 Å². The highest BCUT2D eigenvalue weighted by Crippen LogP contribution is 2.58. The van der Waals surface area contributed by atoms with E-state index in [1.54, 1.807) is 11.1 Å². The van der Waals surface area contributed by atoms with Crippen molar-refractivity contribution in [3.63, 3.8) is 0 Å². The van der Waals surface area contributed by atoms with Crippen molar-refractivity contribution in [1.82, 2.24) is 40.4 Å². The Kier molecular flexibility index (Phi) is 12.0. The third-order valence-electron chi connectivity index (χ3n) is 12.6. The summed E-state index contributed by atoms with van der Waals surface area (Å²) in [7, 11) is 2.54. The molecule has 3 fully saturated rings. The molecule has 4 heterocycles. The summed E-state index contributed by atoms with van der Waals surface area (Å²) in [5, 5.41) is 17.3. The molecule has 0 unspecified atom stereocenters. The number of likely N-dealkylation sites (tertiary alicyclic amines) is 2. The van der Waals surface area contributed by atoms with Crippen LogP contribution in [0.1, 0.15) is 69.7 Å². The van der Waals surface area contributed by atoms with Crippen LogP contribution in [0.3, 0.4) is 0 Å². The van der Waals surface area contributed by atoms with Gasteiger partial charge in [-0.05, 0) is 88.8 Å². The summed E-state index contributed by atoms with van der Waals surface area (Å²) < 4.78 is 9.55. The minimum absolute atomic E-state index is 0.109. The fourth-order valence-electron chi connectivity index (χ4n) is 8.91. The van der Waals surface area contributed by atoms with Crippen molar-refractivity contribution in [3.8, 4) is 39.7 Å². The molecule has 0 radical (unpaired) electrons. The summed E-state index contributed by atoms with van der Waals surface area (Å²) in [6.45, 7) is 4.71. The number of aromatic amines is 2. The summed E-state index contributed by atoms with van der Waals surface area (Å²) >= 11 is 4.27. The monoisotopic (exact) mass is 857 g/mol. The third kappa shape index (κ3) is 8.58. The fourth-order valence-corrected chi connectivity index (χ4v) is 9.17. The van der Waals surface area contributed by atoms with Crippen molar-refractivity contribution in [2.45, 2.75) is 70.1 Å². The lowest BCUT2D eigenvalue weighted by atomic mass is 9.98. The number of thiol groups is 1. The first kappa shape index (κ1) is 42.4. The smallest absolute Gasteiger partial charge is 0.407 e. The number of methoxy groups -OCH3 is 2. The molecule has 322 valence electrons. The number of alkyl carbamates (subject to hydrolysis) is 2. The number of aromatic nitrogens is 4. The molecule has 5 atom stereocenters. The molecule has 0 bridgehead atoms. The minimum Gasteiger partial charge on any atom is -0.453 e. The van der Waals surface area contributed by atoms with Gasteiger partial charge in [0.15, 0.2) is 0 Å². The normalized spacial score (nSPS) is 19.9. The van der Waals surface area contributed by atoms with Crippen LogP contribution in [0.5, 0.6) is 0 Å². The number of imidazole rings is 2. The third-order valence-corrected chi connectivity index (χ3v) is 12.9. The van der Waals surface area contributed by atoms with Gasteiger partial charge in [-0.3, -0.25) is 9.59 Å². The van der Waals surface area contributed by atoms with E-state index in [1.165, 1.54) is 14.2 Å². The Balaban J connectivity index is 0.960. The van der Waals surface area contributed by atoms with E-state index in [0.717, 1.165) is 69.5 Å². The van der Waals surface area contributed by atoms with Gasteiger partial charge in [-0.2, -0.15) is 17.9 Å². The first-order valence-corrected chi connectivity index (χ1v) is 21.6. The highest BCUT2D eigenvalue weighted by atomic mass is 32.1. The van der Waals surface area contributed by atoms with E-state index in [0.29, 0.717) is 31.0 Å². The average Bonchev–Trinajstić information content (AvgIpc) is 3.79. The number of carbonyl (C=O) groups excluding carboxylic acids is 4. The van der Waals surface area contributed by atoms with Crippen LogP contribution in [0.15, 0.2) is 73.1 Å². The molecule has 16 heteroatoms. The summed E-state index contributed by atoms with van der Waals surface area (Å²) in [5.41, 5.74) is 5.76. The zero-order chi connectivity index (χ0) is 43.7. The number of hydrogen-bond donors (Lipinski definition) is 5. The first-order valence-electron chi connectivity index (χ1n) is 21.0. The summed E-state index contributed by atoms with van der Waals surface area (Å²) in [4.78, 5) is 71.5. The van der Waals surface area contributed by atoms with Gasteiger partial charge in [-0.25, -0.2) is 19.6 Å². The molecular formula is C46H51N9O6S. The standard InChI is InChI=1S/C46H51N9O6S/c1-26(2)39(53-45(59)61-4)43(57)55-25-46(14-15-46)20-38(55)41-49-23-36(51-41)33-12-11-31-18-30(9-10-32(31)19-33)28-5-7-29(8-6-28)35-22-48-40(50-35)37-17-27(21-47)24-54(37)42(56)34(13-16-62)52-44(58)60-3/h5-12,18-19,22-23,26-27,34,37-39,62H,13-17,20,24-25H2,1-4H3,(H,48,50)(H,49,51)(H,52,58)(H,53,59)/t27-,34+,37+,38+,39+/m1/s1. The van der Waals surface area contributed by atoms with Crippen molar-refractivity contribution < 1.29 is 28.7 Å². The highest BCUT2D eigenvalue weighted by molar-refractivity contribution is 7.80. The van der Waals surface area contributed by atoms with Gasteiger partial charge in [0, 0.05) is 18.7 Å². The fraction of sp³-hybridized carbons (Fsp3) is 0.413. The molecule has 8 rings (SSSR count). The predicted molar refractivity (Wildman–Crippen MR) is 235 cm³/mol. The maximum absolute atomic E-state index is 13.9. The van der Waals surface area contributed by atoms with Crippen molar-refractivity contribution >= 4 is 47.4 Å². The number of ether oxygens (including phenoxy) is 2. The number of fused-ring (bicyclic) bond motifs is 1. The number of hydrogen-bond acceptors (Lipinski definition) is 10. The Morgan fingerprint density at radius 1 is 0.823 bits per heavy atom. The lowest BCUT2D eigenvalue weighted by molar-refractivity contribution is -0.136. The molecule has 1 aliphatic carbocycles. The Morgan fingerprint density at radius 3 is 2.02 bits per heavy atom. The van der Waals surface area contributed by atoms with Crippen LogP contribution in [0.4, 0.5) is 9.59 Å².